The molecule has 132 valence electrons. The molecule has 0 aliphatic heterocycles. The fraction of sp³-hybridized carbons (Fsp3) is 0.118. The first kappa shape index (κ1) is 17.6. The zero-order chi connectivity index (χ0) is 18.5. The second kappa shape index (κ2) is 7.79. The van der Waals surface area contributed by atoms with Gasteiger partial charge in [0.15, 0.2) is 5.16 Å². The number of nitrogens with one attached hydrogen (secondary N) is 1. The second-order valence-electron chi connectivity index (χ2n) is 5.41. The lowest BCUT2D eigenvalue weighted by atomic mass is 10.2. The number of aryl methyl sites for hydroxylation is 1. The smallest absolute Gasteiger partial charge is 0.271 e. The van der Waals surface area contributed by atoms with Gasteiger partial charge in [-0.3, -0.25) is 19.5 Å². The Balaban J connectivity index is 1.67. The molecule has 1 amide bonds. The number of non-ortho nitro benzene ring substituents is 1. The predicted octanol–water partition coefficient (Wildman–Crippen LogP) is 3.21. The summed E-state index contributed by atoms with van der Waals surface area (Å²) < 4.78 is 1.79. The van der Waals surface area contributed by atoms with Gasteiger partial charge in [0.05, 0.1) is 16.4 Å². The standard InChI is InChI=1S/C17H15N5O3S/c1-12-7-8-14(22(24)25)9-15(12)19-16(23)10-26-17-20-18-11-21(17)13-5-3-2-4-6-13/h2-9,11H,10H2,1H3,(H,19,23). The third kappa shape index (κ3) is 4.06. The summed E-state index contributed by atoms with van der Waals surface area (Å²) in [6.07, 6.45) is 1.58. The van der Waals surface area contributed by atoms with Gasteiger partial charge >= 0.3 is 0 Å². The molecule has 8 nitrogen and oxygen atoms in total. The summed E-state index contributed by atoms with van der Waals surface area (Å²) in [5, 5.41) is 22.1. The number of thioether (sulfide) groups is 1. The van der Waals surface area contributed by atoms with Gasteiger partial charge in [0.25, 0.3) is 5.69 Å². The fourth-order valence-corrected chi connectivity index (χ4v) is 2.99. The first-order valence-electron chi connectivity index (χ1n) is 7.68. The average Bonchev–Trinajstić information content (AvgIpc) is 3.11. The van der Waals surface area contributed by atoms with E-state index < -0.39 is 4.92 Å². The van der Waals surface area contributed by atoms with Gasteiger partial charge in [0, 0.05) is 17.8 Å². The molecular weight excluding hydrogens is 354 g/mol. The Morgan fingerprint density at radius 3 is 2.77 bits per heavy atom. The highest BCUT2D eigenvalue weighted by atomic mass is 32.2. The molecule has 1 N–H and O–H groups in total. The molecule has 3 rings (SSSR count). The molecule has 9 heteroatoms. The Morgan fingerprint density at radius 2 is 2.04 bits per heavy atom. The van der Waals surface area contributed by atoms with Crippen molar-refractivity contribution in [3.05, 3.63) is 70.5 Å². The second-order valence-corrected chi connectivity index (χ2v) is 6.35. The number of carbonyl (C=O) groups excluding carboxylic acids is 1. The Hall–Kier alpha value is -3.20. The minimum atomic E-state index is -0.494. The SMILES string of the molecule is Cc1ccc([N+](=O)[O-])cc1NC(=O)CSc1nncn1-c1ccccc1. The van der Waals surface area contributed by atoms with Gasteiger partial charge in [-0.2, -0.15) is 0 Å². The van der Waals surface area contributed by atoms with E-state index in [0.717, 1.165) is 11.3 Å². The third-order valence-electron chi connectivity index (χ3n) is 3.59. The zero-order valence-corrected chi connectivity index (χ0v) is 14.6. The number of nitro groups is 1. The van der Waals surface area contributed by atoms with Crippen LogP contribution in [0, 0.1) is 17.0 Å². The lowest BCUT2D eigenvalue weighted by Gasteiger charge is -2.09. The van der Waals surface area contributed by atoms with Crippen molar-refractivity contribution >= 4 is 29.0 Å². The molecule has 2 aromatic carbocycles. The largest absolute Gasteiger partial charge is 0.325 e. The van der Waals surface area contributed by atoms with E-state index in [1.807, 2.05) is 30.3 Å². The van der Waals surface area contributed by atoms with Crippen molar-refractivity contribution in [3.8, 4) is 5.69 Å². The van der Waals surface area contributed by atoms with Crippen molar-refractivity contribution < 1.29 is 9.72 Å². The van der Waals surface area contributed by atoms with E-state index in [1.54, 1.807) is 23.9 Å². The van der Waals surface area contributed by atoms with Crippen LogP contribution < -0.4 is 5.32 Å². The van der Waals surface area contributed by atoms with Crippen molar-refractivity contribution in [1.82, 2.24) is 14.8 Å². The molecule has 0 aliphatic carbocycles. The van der Waals surface area contributed by atoms with Crippen molar-refractivity contribution in [2.45, 2.75) is 12.1 Å². The average molecular weight is 369 g/mol. The molecular formula is C17H15N5O3S. The fourth-order valence-electron chi connectivity index (χ4n) is 2.26. The number of hydrogen-bond donors (Lipinski definition) is 1. The molecule has 0 saturated carbocycles. The van der Waals surface area contributed by atoms with Crippen LogP contribution in [0.5, 0.6) is 0 Å². The van der Waals surface area contributed by atoms with Crippen molar-refractivity contribution in [1.29, 1.82) is 0 Å². The summed E-state index contributed by atoms with van der Waals surface area (Å²) in [6, 6.07) is 13.9. The lowest BCUT2D eigenvalue weighted by Crippen LogP contribution is -2.15. The zero-order valence-electron chi connectivity index (χ0n) is 13.8. The van der Waals surface area contributed by atoms with E-state index in [2.05, 4.69) is 15.5 Å². The Kier molecular flexibility index (Phi) is 5.28. The number of anilines is 1. The Labute approximate surface area is 153 Å². The summed E-state index contributed by atoms with van der Waals surface area (Å²) in [5.41, 5.74) is 2.01. The summed E-state index contributed by atoms with van der Waals surface area (Å²) in [4.78, 5) is 22.6. The molecule has 26 heavy (non-hydrogen) atoms. The van der Waals surface area contributed by atoms with Crippen LogP contribution in [0.3, 0.4) is 0 Å². The van der Waals surface area contributed by atoms with Gasteiger partial charge in [-0.25, -0.2) is 0 Å². The Morgan fingerprint density at radius 1 is 1.27 bits per heavy atom. The lowest BCUT2D eigenvalue weighted by molar-refractivity contribution is -0.384. The number of aromatic nitrogens is 3. The number of para-hydroxylation sites is 1. The van der Waals surface area contributed by atoms with Gasteiger partial charge in [-0.15, -0.1) is 10.2 Å². The van der Waals surface area contributed by atoms with Gasteiger partial charge in [-0.05, 0) is 24.6 Å². The van der Waals surface area contributed by atoms with E-state index in [4.69, 9.17) is 0 Å². The van der Waals surface area contributed by atoms with Gasteiger partial charge in [-0.1, -0.05) is 36.0 Å². The molecule has 3 aromatic rings. The number of nitrogens with zero attached hydrogens (tertiary/aromatic N) is 4. The number of benzene rings is 2. The maximum atomic E-state index is 12.2. The third-order valence-corrected chi connectivity index (χ3v) is 4.53. The van der Waals surface area contributed by atoms with E-state index in [1.165, 1.54) is 23.9 Å². The molecule has 0 bridgehead atoms. The molecule has 0 spiro atoms. The van der Waals surface area contributed by atoms with E-state index in [-0.39, 0.29) is 17.3 Å². The number of amides is 1. The molecule has 0 atom stereocenters. The number of hydrogen-bond acceptors (Lipinski definition) is 6. The molecule has 0 unspecified atom stereocenters. The summed E-state index contributed by atoms with van der Waals surface area (Å²) >= 11 is 1.24. The number of carbonyl (C=O) groups is 1. The van der Waals surface area contributed by atoms with E-state index in [0.29, 0.717) is 10.8 Å². The first-order valence-corrected chi connectivity index (χ1v) is 8.66. The van der Waals surface area contributed by atoms with Crippen molar-refractivity contribution in [2.24, 2.45) is 0 Å². The highest BCUT2D eigenvalue weighted by Crippen LogP contribution is 2.23. The van der Waals surface area contributed by atoms with Crippen molar-refractivity contribution in [2.75, 3.05) is 11.1 Å². The molecule has 0 fully saturated rings. The van der Waals surface area contributed by atoms with Crippen LogP contribution in [-0.4, -0.2) is 31.3 Å². The number of nitro benzene ring substituents is 1. The molecule has 0 saturated heterocycles. The van der Waals surface area contributed by atoms with Crippen LogP contribution >= 0.6 is 11.8 Å². The number of rotatable bonds is 6. The highest BCUT2D eigenvalue weighted by molar-refractivity contribution is 7.99. The van der Waals surface area contributed by atoms with Gasteiger partial charge in [0.2, 0.25) is 5.91 Å². The summed E-state index contributed by atoms with van der Waals surface area (Å²) in [6.45, 7) is 1.78. The van der Waals surface area contributed by atoms with Crippen LogP contribution in [0.15, 0.2) is 60.0 Å². The van der Waals surface area contributed by atoms with Crippen molar-refractivity contribution in [3.63, 3.8) is 0 Å². The maximum absolute atomic E-state index is 12.2. The van der Waals surface area contributed by atoms with Crippen LogP contribution in [0.1, 0.15) is 5.56 Å². The van der Waals surface area contributed by atoms with Gasteiger partial charge in [0.1, 0.15) is 6.33 Å². The van der Waals surface area contributed by atoms with Crippen LogP contribution in [0.25, 0.3) is 5.69 Å². The summed E-state index contributed by atoms with van der Waals surface area (Å²) in [5.74, 6) is -0.172. The Bertz CT molecular complexity index is 943. The first-order chi connectivity index (χ1) is 12.5. The summed E-state index contributed by atoms with van der Waals surface area (Å²) in [7, 11) is 0. The molecule has 0 aliphatic rings. The van der Waals surface area contributed by atoms with Crippen LogP contribution in [0.2, 0.25) is 0 Å². The quantitative estimate of drug-likeness (QED) is 0.406. The molecule has 1 aromatic heterocycles. The minimum absolute atomic E-state index is 0.0672. The highest BCUT2D eigenvalue weighted by Gasteiger charge is 2.13. The maximum Gasteiger partial charge on any atom is 0.271 e. The monoisotopic (exact) mass is 369 g/mol. The predicted molar refractivity (Wildman–Crippen MR) is 98.5 cm³/mol. The van der Waals surface area contributed by atoms with Gasteiger partial charge < -0.3 is 5.32 Å². The van der Waals surface area contributed by atoms with E-state index in [9.17, 15) is 14.9 Å². The van der Waals surface area contributed by atoms with E-state index >= 15 is 0 Å². The molecule has 1 heterocycles. The molecule has 0 radical (unpaired) electrons. The normalized spacial score (nSPS) is 10.5. The van der Waals surface area contributed by atoms with Crippen LogP contribution in [0.4, 0.5) is 11.4 Å². The van der Waals surface area contributed by atoms with Crippen LogP contribution in [-0.2, 0) is 4.79 Å². The minimum Gasteiger partial charge on any atom is -0.325 e. The topological polar surface area (TPSA) is 103 Å².